The van der Waals surface area contributed by atoms with Gasteiger partial charge in [0.2, 0.25) is 0 Å². The molecule has 92 valence electrons. The fourth-order valence-corrected chi connectivity index (χ4v) is 3.19. The molecular weight excluding hydrogens is 204 g/mol. The number of carboxylic acid groups (broad SMARTS) is 1. The lowest BCUT2D eigenvalue weighted by molar-refractivity contribution is -0.152. The van der Waals surface area contributed by atoms with Crippen LogP contribution in [0.3, 0.4) is 0 Å². The van der Waals surface area contributed by atoms with Crippen molar-refractivity contribution < 1.29 is 9.90 Å². The van der Waals surface area contributed by atoms with E-state index in [1.807, 2.05) is 0 Å². The summed E-state index contributed by atoms with van der Waals surface area (Å²) < 4.78 is 0. The predicted octanol–water partition coefficient (Wildman–Crippen LogP) is 0.925. The predicted molar refractivity (Wildman–Crippen MR) is 62.4 cm³/mol. The first kappa shape index (κ1) is 11.9. The normalized spacial score (nSPS) is 35.1. The molecule has 1 aliphatic heterocycles. The van der Waals surface area contributed by atoms with Gasteiger partial charge in [0.15, 0.2) is 0 Å². The van der Waals surface area contributed by atoms with Crippen molar-refractivity contribution in [2.75, 3.05) is 26.2 Å². The monoisotopic (exact) mass is 226 g/mol. The maximum absolute atomic E-state index is 11.6. The molecule has 2 fully saturated rings. The molecule has 1 saturated heterocycles. The Bertz CT molecular complexity index is 285. The number of aliphatic carboxylic acids is 1. The number of carboxylic acids is 1. The van der Waals surface area contributed by atoms with Crippen molar-refractivity contribution in [2.24, 2.45) is 5.41 Å². The van der Waals surface area contributed by atoms with Gasteiger partial charge in [0.05, 0.1) is 0 Å². The lowest BCUT2D eigenvalue weighted by atomic mass is 9.86. The first-order chi connectivity index (χ1) is 7.46. The van der Waals surface area contributed by atoms with E-state index in [0.29, 0.717) is 0 Å². The first-order valence-electron chi connectivity index (χ1n) is 6.16. The van der Waals surface area contributed by atoms with Gasteiger partial charge in [-0.3, -0.25) is 9.69 Å². The summed E-state index contributed by atoms with van der Waals surface area (Å²) >= 11 is 0. The molecule has 1 unspecified atom stereocenters. The van der Waals surface area contributed by atoms with Crippen molar-refractivity contribution in [1.82, 2.24) is 10.2 Å². The van der Waals surface area contributed by atoms with Crippen LogP contribution in [0.25, 0.3) is 0 Å². The Morgan fingerprint density at radius 3 is 2.31 bits per heavy atom. The fourth-order valence-electron chi connectivity index (χ4n) is 3.19. The topological polar surface area (TPSA) is 52.6 Å². The van der Waals surface area contributed by atoms with Crippen molar-refractivity contribution in [3.05, 3.63) is 0 Å². The Morgan fingerprint density at radius 2 is 1.88 bits per heavy atom. The van der Waals surface area contributed by atoms with E-state index >= 15 is 0 Å². The molecule has 1 saturated carbocycles. The maximum Gasteiger partial charge on any atom is 0.324 e. The summed E-state index contributed by atoms with van der Waals surface area (Å²) in [6.45, 7) is 7.91. The minimum Gasteiger partial charge on any atom is -0.480 e. The van der Waals surface area contributed by atoms with E-state index < -0.39 is 11.5 Å². The summed E-state index contributed by atoms with van der Waals surface area (Å²) in [5.74, 6) is -0.625. The molecule has 0 aromatic heterocycles. The molecule has 0 amide bonds. The second-order valence-electron chi connectivity index (χ2n) is 5.91. The number of hydrogen-bond donors (Lipinski definition) is 2. The second kappa shape index (κ2) is 4.00. The summed E-state index contributed by atoms with van der Waals surface area (Å²) in [5, 5.41) is 12.9. The summed E-state index contributed by atoms with van der Waals surface area (Å²) in [4.78, 5) is 13.8. The summed E-state index contributed by atoms with van der Waals surface area (Å²) in [5.41, 5.74) is -0.422. The standard InChI is InChI=1S/C12H22N2O2/c1-11(2)3-4-12(9-11,10(15)16)14-7-5-13-6-8-14/h13H,3-9H2,1-2H3,(H,15,16). The zero-order valence-corrected chi connectivity index (χ0v) is 10.3. The van der Waals surface area contributed by atoms with Gasteiger partial charge in [0.1, 0.15) is 5.54 Å². The van der Waals surface area contributed by atoms with Crippen LogP contribution in [0.1, 0.15) is 33.1 Å². The van der Waals surface area contributed by atoms with E-state index in [9.17, 15) is 9.90 Å². The Labute approximate surface area is 97.0 Å². The average Bonchev–Trinajstić information content (AvgIpc) is 2.57. The van der Waals surface area contributed by atoms with Gasteiger partial charge in [-0.05, 0) is 24.7 Å². The van der Waals surface area contributed by atoms with Crippen LogP contribution < -0.4 is 5.32 Å². The lowest BCUT2D eigenvalue weighted by Gasteiger charge is -2.41. The maximum atomic E-state index is 11.6. The third kappa shape index (κ3) is 1.96. The molecular formula is C12H22N2O2. The van der Waals surface area contributed by atoms with Crippen LogP contribution in [0.5, 0.6) is 0 Å². The zero-order valence-electron chi connectivity index (χ0n) is 10.3. The number of nitrogens with zero attached hydrogens (tertiary/aromatic N) is 1. The van der Waals surface area contributed by atoms with Gasteiger partial charge in [-0.1, -0.05) is 13.8 Å². The van der Waals surface area contributed by atoms with E-state index in [2.05, 4.69) is 24.1 Å². The van der Waals surface area contributed by atoms with E-state index in [1.165, 1.54) is 0 Å². The third-order valence-corrected chi connectivity index (χ3v) is 4.11. The Hall–Kier alpha value is -0.610. The fraction of sp³-hybridized carbons (Fsp3) is 0.917. The SMILES string of the molecule is CC1(C)CCC(C(=O)O)(N2CCNCC2)C1. The highest BCUT2D eigenvalue weighted by Crippen LogP contribution is 2.46. The van der Waals surface area contributed by atoms with Gasteiger partial charge < -0.3 is 10.4 Å². The van der Waals surface area contributed by atoms with Crippen LogP contribution in [0.2, 0.25) is 0 Å². The summed E-state index contributed by atoms with van der Waals surface area (Å²) in [6.07, 6.45) is 2.61. The van der Waals surface area contributed by atoms with E-state index in [0.717, 1.165) is 45.4 Å². The van der Waals surface area contributed by atoms with Gasteiger partial charge in [0, 0.05) is 26.2 Å². The number of carbonyl (C=O) groups is 1. The minimum atomic E-state index is -0.625. The van der Waals surface area contributed by atoms with Crippen LogP contribution in [0.4, 0.5) is 0 Å². The van der Waals surface area contributed by atoms with E-state index in [-0.39, 0.29) is 5.41 Å². The first-order valence-corrected chi connectivity index (χ1v) is 6.16. The van der Waals surface area contributed by atoms with E-state index in [1.54, 1.807) is 0 Å². The lowest BCUT2D eigenvalue weighted by Crippen LogP contribution is -2.59. The molecule has 2 aliphatic rings. The number of nitrogens with one attached hydrogen (secondary N) is 1. The molecule has 0 aromatic rings. The number of rotatable bonds is 2. The quantitative estimate of drug-likeness (QED) is 0.735. The number of piperazine rings is 1. The molecule has 0 aromatic carbocycles. The summed E-state index contributed by atoms with van der Waals surface area (Å²) in [6, 6.07) is 0. The van der Waals surface area contributed by atoms with Crippen LogP contribution in [-0.4, -0.2) is 47.7 Å². The summed E-state index contributed by atoms with van der Waals surface area (Å²) in [7, 11) is 0. The highest BCUT2D eigenvalue weighted by Gasteiger charge is 2.52. The van der Waals surface area contributed by atoms with Crippen LogP contribution in [0.15, 0.2) is 0 Å². The average molecular weight is 226 g/mol. The molecule has 2 N–H and O–H groups in total. The molecule has 0 bridgehead atoms. The molecule has 1 heterocycles. The zero-order chi connectivity index (χ0) is 11.8. The largest absolute Gasteiger partial charge is 0.480 e. The molecule has 1 atom stereocenters. The molecule has 0 spiro atoms. The Morgan fingerprint density at radius 1 is 1.25 bits per heavy atom. The molecule has 16 heavy (non-hydrogen) atoms. The van der Waals surface area contributed by atoms with Gasteiger partial charge in [-0.15, -0.1) is 0 Å². The number of hydrogen-bond acceptors (Lipinski definition) is 3. The third-order valence-electron chi connectivity index (χ3n) is 4.11. The molecule has 1 aliphatic carbocycles. The van der Waals surface area contributed by atoms with Crippen molar-refractivity contribution in [3.63, 3.8) is 0 Å². The van der Waals surface area contributed by atoms with Gasteiger partial charge in [-0.25, -0.2) is 0 Å². The van der Waals surface area contributed by atoms with Crippen LogP contribution >= 0.6 is 0 Å². The Kier molecular flexibility index (Phi) is 2.97. The van der Waals surface area contributed by atoms with Crippen LogP contribution in [-0.2, 0) is 4.79 Å². The highest BCUT2D eigenvalue weighted by molar-refractivity contribution is 5.79. The van der Waals surface area contributed by atoms with Crippen LogP contribution in [0, 0.1) is 5.41 Å². The van der Waals surface area contributed by atoms with Gasteiger partial charge in [-0.2, -0.15) is 0 Å². The van der Waals surface area contributed by atoms with Crippen molar-refractivity contribution >= 4 is 5.97 Å². The van der Waals surface area contributed by atoms with Crippen molar-refractivity contribution in [3.8, 4) is 0 Å². The molecule has 2 rings (SSSR count). The van der Waals surface area contributed by atoms with Gasteiger partial charge >= 0.3 is 5.97 Å². The molecule has 4 heteroatoms. The molecule has 4 nitrogen and oxygen atoms in total. The van der Waals surface area contributed by atoms with Crippen molar-refractivity contribution in [2.45, 2.75) is 38.6 Å². The Balaban J connectivity index is 2.19. The minimum absolute atomic E-state index is 0.170. The second-order valence-corrected chi connectivity index (χ2v) is 5.91. The smallest absolute Gasteiger partial charge is 0.324 e. The van der Waals surface area contributed by atoms with Crippen molar-refractivity contribution in [1.29, 1.82) is 0 Å². The van der Waals surface area contributed by atoms with Gasteiger partial charge in [0.25, 0.3) is 0 Å². The van der Waals surface area contributed by atoms with E-state index in [4.69, 9.17) is 0 Å². The molecule has 0 radical (unpaired) electrons. The highest BCUT2D eigenvalue weighted by atomic mass is 16.4.